The van der Waals surface area contributed by atoms with Crippen LogP contribution in [0.25, 0.3) is 0 Å². The second-order valence-electron chi connectivity index (χ2n) is 5.54. The van der Waals surface area contributed by atoms with Crippen molar-refractivity contribution in [3.8, 4) is 5.75 Å². The van der Waals surface area contributed by atoms with Crippen LogP contribution in [-0.4, -0.2) is 38.1 Å². The fourth-order valence-electron chi connectivity index (χ4n) is 2.16. The number of ether oxygens (including phenoxy) is 1. The molecule has 1 rings (SSSR count). The summed E-state index contributed by atoms with van der Waals surface area (Å²) in [5.74, 6) is 1.05. The molecule has 1 N–H and O–H groups in total. The zero-order valence-corrected chi connectivity index (χ0v) is 13.9. The lowest BCUT2D eigenvalue weighted by molar-refractivity contribution is -0.128. The summed E-state index contributed by atoms with van der Waals surface area (Å²) >= 11 is 0. The molecule has 1 atom stereocenters. The molecule has 1 amide bonds. The maximum atomic E-state index is 11.5. The molecule has 21 heavy (non-hydrogen) atoms. The number of amides is 1. The first-order chi connectivity index (χ1) is 9.95. The summed E-state index contributed by atoms with van der Waals surface area (Å²) in [5, 5.41) is 3.40. The zero-order valence-electron chi connectivity index (χ0n) is 13.9. The summed E-state index contributed by atoms with van der Waals surface area (Å²) in [6.07, 6.45) is 1.27. The monoisotopic (exact) mass is 292 g/mol. The van der Waals surface area contributed by atoms with Crippen LogP contribution in [0.4, 0.5) is 0 Å². The van der Waals surface area contributed by atoms with E-state index in [2.05, 4.69) is 38.2 Å². The van der Waals surface area contributed by atoms with Crippen LogP contribution in [0.3, 0.4) is 0 Å². The Morgan fingerprint density at radius 1 is 1.38 bits per heavy atom. The van der Waals surface area contributed by atoms with Crippen molar-refractivity contribution in [3.63, 3.8) is 0 Å². The summed E-state index contributed by atoms with van der Waals surface area (Å²) in [5.41, 5.74) is 2.40. The number of nitrogens with one attached hydrogen (secondary N) is 1. The molecule has 1 unspecified atom stereocenters. The Kier molecular flexibility index (Phi) is 7.23. The normalized spacial score (nSPS) is 12.0. The second kappa shape index (κ2) is 8.67. The Morgan fingerprint density at radius 2 is 2.10 bits per heavy atom. The van der Waals surface area contributed by atoms with E-state index in [4.69, 9.17) is 4.74 Å². The van der Waals surface area contributed by atoms with Crippen LogP contribution in [0.2, 0.25) is 0 Å². The first-order valence-electron chi connectivity index (χ1n) is 7.62. The van der Waals surface area contributed by atoms with Crippen molar-refractivity contribution in [2.24, 2.45) is 0 Å². The summed E-state index contributed by atoms with van der Waals surface area (Å²) in [6.45, 7) is 7.85. The zero-order chi connectivity index (χ0) is 15.8. The van der Waals surface area contributed by atoms with E-state index in [1.165, 1.54) is 5.56 Å². The molecular weight excluding hydrogens is 264 g/mol. The van der Waals surface area contributed by atoms with Gasteiger partial charge in [-0.15, -0.1) is 0 Å². The molecule has 0 heterocycles. The maximum absolute atomic E-state index is 11.5. The minimum absolute atomic E-state index is 0.144. The van der Waals surface area contributed by atoms with Crippen LogP contribution < -0.4 is 10.1 Å². The van der Waals surface area contributed by atoms with Gasteiger partial charge in [-0.25, -0.2) is 0 Å². The van der Waals surface area contributed by atoms with Gasteiger partial charge in [0.05, 0.1) is 6.61 Å². The Hall–Kier alpha value is -1.55. The topological polar surface area (TPSA) is 41.6 Å². The molecule has 0 spiro atoms. The highest BCUT2D eigenvalue weighted by Gasteiger charge is 2.08. The number of hydrogen-bond acceptors (Lipinski definition) is 3. The predicted octanol–water partition coefficient (Wildman–Crippen LogP) is 2.91. The van der Waals surface area contributed by atoms with Crippen LogP contribution in [0.15, 0.2) is 18.2 Å². The molecule has 0 saturated carbocycles. The van der Waals surface area contributed by atoms with Crippen molar-refractivity contribution < 1.29 is 9.53 Å². The van der Waals surface area contributed by atoms with Crippen molar-refractivity contribution in [3.05, 3.63) is 29.3 Å². The standard InChI is InChI=1S/C17H28N2O2/c1-6-18-14(3)15-9-10-16(13(2)12-15)21-11-7-8-17(20)19(4)5/h9-10,12,14,18H,6-8,11H2,1-5H3. The van der Waals surface area contributed by atoms with Crippen LogP contribution in [-0.2, 0) is 4.79 Å². The van der Waals surface area contributed by atoms with Crippen LogP contribution >= 0.6 is 0 Å². The highest BCUT2D eigenvalue weighted by molar-refractivity contribution is 5.75. The highest BCUT2D eigenvalue weighted by atomic mass is 16.5. The second-order valence-corrected chi connectivity index (χ2v) is 5.54. The Morgan fingerprint density at radius 3 is 2.67 bits per heavy atom. The van der Waals surface area contributed by atoms with E-state index in [1.807, 2.05) is 6.07 Å². The smallest absolute Gasteiger partial charge is 0.222 e. The predicted molar refractivity (Wildman–Crippen MR) is 86.7 cm³/mol. The molecule has 4 nitrogen and oxygen atoms in total. The summed E-state index contributed by atoms with van der Waals surface area (Å²) < 4.78 is 5.77. The quantitative estimate of drug-likeness (QED) is 0.749. The maximum Gasteiger partial charge on any atom is 0.222 e. The lowest BCUT2D eigenvalue weighted by atomic mass is 10.1. The summed E-state index contributed by atoms with van der Waals surface area (Å²) in [6, 6.07) is 6.63. The van der Waals surface area contributed by atoms with Crippen LogP contribution in [0.1, 0.15) is 43.9 Å². The van der Waals surface area contributed by atoms with Gasteiger partial charge in [-0.1, -0.05) is 19.1 Å². The van der Waals surface area contributed by atoms with E-state index in [1.54, 1.807) is 19.0 Å². The number of nitrogens with zero attached hydrogens (tertiary/aromatic N) is 1. The third-order valence-electron chi connectivity index (χ3n) is 3.50. The molecule has 0 aliphatic carbocycles. The number of hydrogen-bond donors (Lipinski definition) is 1. The first kappa shape index (κ1) is 17.5. The van der Waals surface area contributed by atoms with Crippen molar-refractivity contribution in [2.75, 3.05) is 27.2 Å². The van der Waals surface area contributed by atoms with Gasteiger partial charge in [0.2, 0.25) is 5.91 Å². The van der Waals surface area contributed by atoms with Crippen molar-refractivity contribution in [1.82, 2.24) is 10.2 Å². The SMILES string of the molecule is CCNC(C)c1ccc(OCCCC(=O)N(C)C)c(C)c1. The van der Waals surface area contributed by atoms with Gasteiger partial charge in [-0.2, -0.15) is 0 Å². The molecule has 118 valence electrons. The Bertz CT molecular complexity index is 458. The van der Waals surface area contributed by atoms with Crippen molar-refractivity contribution >= 4 is 5.91 Å². The van der Waals surface area contributed by atoms with Gasteiger partial charge in [-0.05, 0) is 44.0 Å². The van der Waals surface area contributed by atoms with Crippen molar-refractivity contribution in [2.45, 2.75) is 39.7 Å². The van der Waals surface area contributed by atoms with E-state index >= 15 is 0 Å². The van der Waals surface area contributed by atoms with Gasteiger partial charge >= 0.3 is 0 Å². The van der Waals surface area contributed by atoms with Gasteiger partial charge in [0.25, 0.3) is 0 Å². The first-order valence-corrected chi connectivity index (χ1v) is 7.62. The Balaban J connectivity index is 2.48. The lowest BCUT2D eigenvalue weighted by Crippen LogP contribution is -2.21. The molecule has 4 heteroatoms. The lowest BCUT2D eigenvalue weighted by Gasteiger charge is -2.16. The van der Waals surface area contributed by atoms with Crippen molar-refractivity contribution in [1.29, 1.82) is 0 Å². The molecule has 1 aromatic rings. The van der Waals surface area contributed by atoms with Crippen LogP contribution in [0.5, 0.6) is 5.75 Å². The fourth-order valence-corrected chi connectivity index (χ4v) is 2.16. The third kappa shape index (κ3) is 5.76. The number of carbonyl (C=O) groups excluding carboxylic acids is 1. The van der Waals surface area contributed by atoms with Gasteiger partial charge < -0.3 is 15.0 Å². The number of carbonyl (C=O) groups is 1. The number of rotatable bonds is 8. The molecule has 0 fully saturated rings. The van der Waals surface area contributed by atoms with Crippen LogP contribution in [0, 0.1) is 6.92 Å². The van der Waals surface area contributed by atoms with Gasteiger partial charge in [0.15, 0.2) is 0 Å². The number of benzene rings is 1. The van der Waals surface area contributed by atoms with E-state index in [9.17, 15) is 4.79 Å². The largest absolute Gasteiger partial charge is 0.493 e. The average molecular weight is 292 g/mol. The van der Waals surface area contributed by atoms with E-state index in [-0.39, 0.29) is 5.91 Å². The molecule has 0 aliphatic heterocycles. The average Bonchev–Trinajstić information content (AvgIpc) is 2.44. The van der Waals surface area contributed by atoms with E-state index in [0.29, 0.717) is 19.1 Å². The summed E-state index contributed by atoms with van der Waals surface area (Å²) in [4.78, 5) is 13.1. The minimum Gasteiger partial charge on any atom is -0.493 e. The van der Waals surface area contributed by atoms with Gasteiger partial charge in [0, 0.05) is 26.6 Å². The molecule has 0 aliphatic rings. The van der Waals surface area contributed by atoms with Gasteiger partial charge in [0.1, 0.15) is 5.75 Å². The third-order valence-corrected chi connectivity index (χ3v) is 3.50. The molecule has 0 bridgehead atoms. The van der Waals surface area contributed by atoms with E-state index in [0.717, 1.165) is 24.3 Å². The summed E-state index contributed by atoms with van der Waals surface area (Å²) in [7, 11) is 3.55. The molecular formula is C17H28N2O2. The minimum atomic E-state index is 0.144. The molecule has 0 radical (unpaired) electrons. The molecule has 0 saturated heterocycles. The fraction of sp³-hybridized carbons (Fsp3) is 0.588. The highest BCUT2D eigenvalue weighted by Crippen LogP contribution is 2.23. The molecule has 0 aromatic heterocycles. The molecule has 1 aromatic carbocycles. The Labute approximate surface area is 128 Å². The van der Waals surface area contributed by atoms with Gasteiger partial charge in [-0.3, -0.25) is 4.79 Å². The number of aryl methyl sites for hydroxylation is 1. The van der Waals surface area contributed by atoms with E-state index < -0.39 is 0 Å².